The van der Waals surface area contributed by atoms with Gasteiger partial charge in [-0.25, -0.2) is 19.7 Å². The Morgan fingerprint density at radius 3 is 2.89 bits per heavy atom. The number of methoxy groups -OCH3 is 1. The molecule has 0 bridgehead atoms. The molecule has 2 aromatic rings. The van der Waals surface area contributed by atoms with Crippen molar-refractivity contribution in [2.75, 3.05) is 7.11 Å². The summed E-state index contributed by atoms with van der Waals surface area (Å²) in [6.07, 6.45) is 5.39. The van der Waals surface area contributed by atoms with Crippen LogP contribution in [0, 0.1) is 6.92 Å². The summed E-state index contributed by atoms with van der Waals surface area (Å²) in [5, 5.41) is 0. The largest absolute Gasteiger partial charge is 0.463 e. The molecule has 0 aromatic carbocycles. The normalized spacial score (nSPS) is 10.5. The fourth-order valence-corrected chi connectivity index (χ4v) is 1.81. The summed E-state index contributed by atoms with van der Waals surface area (Å²) in [5.41, 5.74) is 0.710. The van der Waals surface area contributed by atoms with Gasteiger partial charge in [-0.1, -0.05) is 6.92 Å². The van der Waals surface area contributed by atoms with Crippen molar-refractivity contribution >= 4 is 5.97 Å². The van der Waals surface area contributed by atoms with Crippen molar-refractivity contribution in [3.05, 3.63) is 35.8 Å². The lowest BCUT2D eigenvalue weighted by Gasteiger charge is -2.08. The second kappa shape index (κ2) is 5.60. The molecule has 2 aromatic heterocycles. The minimum atomic E-state index is -0.540. The highest BCUT2D eigenvalue weighted by molar-refractivity contribution is 5.85. The Kier molecular flexibility index (Phi) is 3.89. The van der Waals surface area contributed by atoms with Crippen molar-refractivity contribution < 1.29 is 9.53 Å². The standard InChI is InChI=1S/C13H16N4O2/c1-4-5-10-14-6-7-17(10)11-8-9(2)15-12(16-11)13(18)19-3/h6-8H,4-5H2,1-3H3. The van der Waals surface area contributed by atoms with Crippen molar-refractivity contribution in [3.8, 4) is 5.82 Å². The second-order valence-electron chi connectivity index (χ2n) is 4.15. The van der Waals surface area contributed by atoms with Gasteiger partial charge in [-0.05, 0) is 13.3 Å². The van der Waals surface area contributed by atoms with Crippen LogP contribution >= 0.6 is 0 Å². The summed E-state index contributed by atoms with van der Waals surface area (Å²) in [6, 6.07) is 1.81. The first-order valence-corrected chi connectivity index (χ1v) is 6.12. The maximum Gasteiger partial charge on any atom is 0.376 e. The number of esters is 1. The van der Waals surface area contributed by atoms with Gasteiger partial charge in [-0.3, -0.25) is 4.57 Å². The van der Waals surface area contributed by atoms with Crippen molar-refractivity contribution in [1.82, 2.24) is 19.5 Å². The number of nitrogens with zero attached hydrogens (tertiary/aromatic N) is 4. The van der Waals surface area contributed by atoms with E-state index in [1.165, 1.54) is 7.11 Å². The number of carbonyl (C=O) groups is 1. The molecule has 0 amide bonds. The van der Waals surface area contributed by atoms with Gasteiger partial charge in [0.15, 0.2) is 0 Å². The molecule has 0 N–H and O–H groups in total. The van der Waals surface area contributed by atoms with Gasteiger partial charge in [0.25, 0.3) is 0 Å². The molecule has 0 fully saturated rings. The Hall–Kier alpha value is -2.24. The summed E-state index contributed by atoms with van der Waals surface area (Å²) in [6.45, 7) is 3.90. The molecule has 0 saturated carbocycles. The summed E-state index contributed by atoms with van der Waals surface area (Å²) in [4.78, 5) is 24.1. The number of aromatic nitrogens is 4. The minimum Gasteiger partial charge on any atom is -0.463 e. The zero-order chi connectivity index (χ0) is 13.8. The number of hydrogen-bond acceptors (Lipinski definition) is 5. The first-order chi connectivity index (χ1) is 9.15. The third-order valence-corrected chi connectivity index (χ3v) is 2.65. The second-order valence-corrected chi connectivity index (χ2v) is 4.15. The molecule has 19 heavy (non-hydrogen) atoms. The lowest BCUT2D eigenvalue weighted by molar-refractivity contribution is 0.0586. The molecule has 6 nitrogen and oxygen atoms in total. The highest BCUT2D eigenvalue weighted by Gasteiger charge is 2.13. The van der Waals surface area contributed by atoms with E-state index >= 15 is 0 Å². The fraction of sp³-hybridized carbons (Fsp3) is 0.385. The van der Waals surface area contributed by atoms with E-state index in [1.54, 1.807) is 6.20 Å². The molecule has 0 atom stereocenters. The van der Waals surface area contributed by atoms with Crippen LogP contribution in [-0.4, -0.2) is 32.6 Å². The SMILES string of the molecule is CCCc1nccn1-c1cc(C)nc(C(=O)OC)n1. The van der Waals surface area contributed by atoms with Gasteiger partial charge in [0, 0.05) is 30.6 Å². The van der Waals surface area contributed by atoms with E-state index < -0.39 is 5.97 Å². The Labute approximate surface area is 111 Å². The molecule has 0 spiro atoms. The molecule has 2 rings (SSSR count). The molecule has 100 valence electrons. The highest BCUT2D eigenvalue weighted by Crippen LogP contribution is 2.11. The third-order valence-electron chi connectivity index (χ3n) is 2.65. The van der Waals surface area contributed by atoms with E-state index in [0.717, 1.165) is 18.7 Å². The summed E-state index contributed by atoms with van der Waals surface area (Å²) in [7, 11) is 1.31. The molecule has 2 heterocycles. The maximum atomic E-state index is 11.5. The molecule has 0 saturated heterocycles. The van der Waals surface area contributed by atoms with E-state index in [4.69, 9.17) is 0 Å². The number of carbonyl (C=O) groups excluding carboxylic acids is 1. The van der Waals surface area contributed by atoms with Crippen molar-refractivity contribution in [1.29, 1.82) is 0 Å². The molecule has 0 aliphatic rings. The summed E-state index contributed by atoms with van der Waals surface area (Å²) < 4.78 is 6.52. The van der Waals surface area contributed by atoms with Crippen LogP contribution in [0.25, 0.3) is 5.82 Å². The molecular weight excluding hydrogens is 244 g/mol. The van der Waals surface area contributed by atoms with Crippen LogP contribution in [0.2, 0.25) is 0 Å². The van der Waals surface area contributed by atoms with Gasteiger partial charge in [0.05, 0.1) is 7.11 Å². The van der Waals surface area contributed by atoms with Gasteiger partial charge in [0.1, 0.15) is 11.6 Å². The van der Waals surface area contributed by atoms with Gasteiger partial charge < -0.3 is 4.74 Å². The number of imidazole rings is 1. The smallest absolute Gasteiger partial charge is 0.376 e. The van der Waals surface area contributed by atoms with Crippen LogP contribution < -0.4 is 0 Å². The highest BCUT2D eigenvalue weighted by atomic mass is 16.5. The van der Waals surface area contributed by atoms with Crippen molar-refractivity contribution in [2.24, 2.45) is 0 Å². The zero-order valence-corrected chi connectivity index (χ0v) is 11.3. The molecule has 6 heteroatoms. The van der Waals surface area contributed by atoms with E-state index in [9.17, 15) is 4.79 Å². The first-order valence-electron chi connectivity index (χ1n) is 6.12. The third kappa shape index (κ3) is 2.78. The molecule has 0 radical (unpaired) electrons. The average molecular weight is 260 g/mol. The topological polar surface area (TPSA) is 69.9 Å². The molecular formula is C13H16N4O2. The molecule has 0 aliphatic carbocycles. The monoisotopic (exact) mass is 260 g/mol. The van der Waals surface area contributed by atoms with Crippen LogP contribution in [0.15, 0.2) is 18.5 Å². The van der Waals surface area contributed by atoms with Crippen molar-refractivity contribution in [2.45, 2.75) is 26.7 Å². The van der Waals surface area contributed by atoms with Crippen LogP contribution in [0.4, 0.5) is 0 Å². The van der Waals surface area contributed by atoms with Gasteiger partial charge in [-0.2, -0.15) is 0 Å². The quantitative estimate of drug-likeness (QED) is 0.783. The van der Waals surface area contributed by atoms with Gasteiger partial charge in [0.2, 0.25) is 5.82 Å². The van der Waals surface area contributed by atoms with E-state index in [0.29, 0.717) is 11.5 Å². The zero-order valence-electron chi connectivity index (χ0n) is 11.3. The number of rotatable bonds is 4. The van der Waals surface area contributed by atoms with E-state index in [1.807, 2.05) is 23.8 Å². The van der Waals surface area contributed by atoms with Gasteiger partial charge >= 0.3 is 5.97 Å². The van der Waals surface area contributed by atoms with Crippen LogP contribution in [0.5, 0.6) is 0 Å². The Morgan fingerprint density at radius 2 is 2.21 bits per heavy atom. The minimum absolute atomic E-state index is 0.0636. The van der Waals surface area contributed by atoms with Crippen molar-refractivity contribution in [3.63, 3.8) is 0 Å². The fourth-order valence-electron chi connectivity index (χ4n) is 1.81. The maximum absolute atomic E-state index is 11.5. The number of aryl methyl sites for hydroxylation is 2. The van der Waals surface area contributed by atoms with Crippen LogP contribution in [0.1, 0.15) is 35.5 Å². The average Bonchev–Trinajstić information content (AvgIpc) is 2.86. The first kappa shape index (κ1) is 13.2. The predicted octanol–water partition coefficient (Wildman–Crippen LogP) is 1.71. The Balaban J connectivity index is 2.47. The lowest BCUT2D eigenvalue weighted by atomic mass is 10.3. The summed E-state index contributed by atoms with van der Waals surface area (Å²) in [5.74, 6) is 1.07. The van der Waals surface area contributed by atoms with Crippen LogP contribution in [0.3, 0.4) is 0 Å². The van der Waals surface area contributed by atoms with Crippen LogP contribution in [-0.2, 0) is 11.2 Å². The predicted molar refractivity (Wildman–Crippen MR) is 69.2 cm³/mol. The Morgan fingerprint density at radius 1 is 1.42 bits per heavy atom. The van der Waals surface area contributed by atoms with E-state index in [-0.39, 0.29) is 5.82 Å². The Bertz CT molecular complexity index is 592. The number of hydrogen-bond donors (Lipinski definition) is 0. The lowest BCUT2D eigenvalue weighted by Crippen LogP contribution is -2.12. The van der Waals surface area contributed by atoms with E-state index in [2.05, 4.69) is 26.6 Å². The molecule has 0 aliphatic heterocycles. The number of ether oxygens (including phenoxy) is 1. The summed E-state index contributed by atoms with van der Waals surface area (Å²) >= 11 is 0. The van der Waals surface area contributed by atoms with Gasteiger partial charge in [-0.15, -0.1) is 0 Å². The molecule has 0 unspecified atom stereocenters.